The molecule has 1 aliphatic carbocycles. The summed E-state index contributed by atoms with van der Waals surface area (Å²) in [6, 6.07) is 4.78. The SMILES string of the molecule is CCCN1CCO[C@@H]2Cc3c(ccc4c3OCO4)C[C@H]21. The predicted molar refractivity (Wildman–Crippen MR) is 75.4 cm³/mol. The fourth-order valence-electron chi connectivity index (χ4n) is 3.77. The average molecular weight is 275 g/mol. The summed E-state index contributed by atoms with van der Waals surface area (Å²) in [5.74, 6) is 1.85. The lowest BCUT2D eigenvalue weighted by Crippen LogP contribution is -2.55. The molecule has 3 aliphatic rings. The quantitative estimate of drug-likeness (QED) is 0.826. The molecule has 1 saturated heterocycles. The number of hydrogen-bond acceptors (Lipinski definition) is 4. The second kappa shape index (κ2) is 4.93. The van der Waals surface area contributed by atoms with Crippen molar-refractivity contribution < 1.29 is 14.2 Å². The second-order valence-electron chi connectivity index (χ2n) is 5.86. The smallest absolute Gasteiger partial charge is 0.231 e. The Morgan fingerprint density at radius 1 is 1.25 bits per heavy atom. The van der Waals surface area contributed by atoms with Gasteiger partial charge >= 0.3 is 0 Å². The molecule has 20 heavy (non-hydrogen) atoms. The molecule has 2 aliphatic heterocycles. The summed E-state index contributed by atoms with van der Waals surface area (Å²) >= 11 is 0. The molecule has 1 aromatic carbocycles. The summed E-state index contributed by atoms with van der Waals surface area (Å²) in [6.07, 6.45) is 3.53. The molecule has 0 amide bonds. The minimum Gasteiger partial charge on any atom is -0.454 e. The van der Waals surface area contributed by atoms with Gasteiger partial charge in [0.25, 0.3) is 0 Å². The largest absolute Gasteiger partial charge is 0.454 e. The molecular formula is C16H21NO3. The first-order valence-electron chi connectivity index (χ1n) is 7.63. The van der Waals surface area contributed by atoms with Crippen LogP contribution >= 0.6 is 0 Å². The Hall–Kier alpha value is -1.26. The summed E-state index contributed by atoms with van der Waals surface area (Å²) < 4.78 is 17.2. The highest BCUT2D eigenvalue weighted by atomic mass is 16.7. The van der Waals surface area contributed by atoms with Crippen molar-refractivity contribution in [2.75, 3.05) is 26.5 Å². The highest BCUT2D eigenvalue weighted by Crippen LogP contribution is 2.42. The first-order valence-corrected chi connectivity index (χ1v) is 7.63. The molecule has 1 aromatic rings. The number of rotatable bonds is 2. The highest BCUT2D eigenvalue weighted by molar-refractivity contribution is 5.53. The van der Waals surface area contributed by atoms with E-state index in [0.29, 0.717) is 18.9 Å². The van der Waals surface area contributed by atoms with Gasteiger partial charge < -0.3 is 14.2 Å². The molecule has 0 radical (unpaired) electrons. The Labute approximate surface area is 119 Å². The van der Waals surface area contributed by atoms with E-state index in [9.17, 15) is 0 Å². The van der Waals surface area contributed by atoms with Crippen LogP contribution in [-0.2, 0) is 17.6 Å². The van der Waals surface area contributed by atoms with Crippen LogP contribution in [0.4, 0.5) is 0 Å². The monoisotopic (exact) mass is 275 g/mol. The van der Waals surface area contributed by atoms with Crippen LogP contribution in [-0.4, -0.2) is 43.5 Å². The summed E-state index contributed by atoms with van der Waals surface area (Å²) in [7, 11) is 0. The third-order valence-electron chi connectivity index (χ3n) is 4.69. The standard InChI is InChI=1S/C16H21NO3/c1-2-5-17-6-7-18-15-9-12-11(8-13(15)17)3-4-14-16(12)20-10-19-14/h3-4,13,15H,2,5-10H2,1H3/t13-,15-/m1/s1. The molecule has 108 valence electrons. The summed E-state index contributed by atoms with van der Waals surface area (Å²) in [4.78, 5) is 2.60. The third kappa shape index (κ3) is 1.90. The van der Waals surface area contributed by atoms with Crippen molar-refractivity contribution in [2.24, 2.45) is 0 Å². The second-order valence-corrected chi connectivity index (χ2v) is 5.86. The van der Waals surface area contributed by atoms with Crippen molar-refractivity contribution in [2.45, 2.75) is 38.3 Å². The minimum absolute atomic E-state index is 0.304. The van der Waals surface area contributed by atoms with Gasteiger partial charge in [-0.25, -0.2) is 0 Å². The molecule has 0 saturated carbocycles. The third-order valence-corrected chi connectivity index (χ3v) is 4.69. The first-order chi connectivity index (χ1) is 9.86. The predicted octanol–water partition coefficient (Wildman–Crippen LogP) is 1.99. The molecule has 1 fully saturated rings. The van der Waals surface area contributed by atoms with Crippen LogP contribution in [0.3, 0.4) is 0 Å². The fourth-order valence-corrected chi connectivity index (χ4v) is 3.77. The Bertz CT molecular complexity index is 515. The Balaban J connectivity index is 1.66. The van der Waals surface area contributed by atoms with Crippen LogP contribution in [0.1, 0.15) is 24.5 Å². The van der Waals surface area contributed by atoms with Crippen LogP contribution in [0.5, 0.6) is 11.5 Å². The number of hydrogen-bond donors (Lipinski definition) is 0. The molecule has 0 N–H and O–H groups in total. The summed E-state index contributed by atoms with van der Waals surface area (Å²) in [6.45, 7) is 5.68. The molecule has 4 nitrogen and oxygen atoms in total. The average Bonchev–Trinajstić information content (AvgIpc) is 2.95. The van der Waals surface area contributed by atoms with Gasteiger partial charge in [-0.05, 0) is 31.0 Å². The van der Waals surface area contributed by atoms with E-state index in [1.54, 1.807) is 0 Å². The number of fused-ring (bicyclic) bond motifs is 4. The zero-order valence-electron chi connectivity index (χ0n) is 11.9. The van der Waals surface area contributed by atoms with E-state index in [1.807, 2.05) is 0 Å². The van der Waals surface area contributed by atoms with E-state index in [-0.39, 0.29) is 0 Å². The number of ether oxygens (including phenoxy) is 3. The van der Waals surface area contributed by atoms with Gasteiger partial charge in [0.05, 0.1) is 12.7 Å². The number of nitrogens with zero attached hydrogens (tertiary/aromatic N) is 1. The topological polar surface area (TPSA) is 30.9 Å². The minimum atomic E-state index is 0.304. The maximum atomic E-state index is 6.04. The lowest BCUT2D eigenvalue weighted by molar-refractivity contribution is -0.0741. The van der Waals surface area contributed by atoms with Gasteiger partial charge in [0.15, 0.2) is 11.5 Å². The van der Waals surface area contributed by atoms with Crippen LogP contribution < -0.4 is 9.47 Å². The first kappa shape index (κ1) is 12.5. The van der Waals surface area contributed by atoms with Gasteiger partial charge in [0.1, 0.15) is 0 Å². The highest BCUT2D eigenvalue weighted by Gasteiger charge is 2.38. The van der Waals surface area contributed by atoms with E-state index in [2.05, 4.69) is 24.0 Å². The maximum absolute atomic E-state index is 6.04. The molecule has 0 spiro atoms. The van der Waals surface area contributed by atoms with Crippen molar-refractivity contribution in [3.05, 3.63) is 23.3 Å². The number of benzene rings is 1. The van der Waals surface area contributed by atoms with Crippen LogP contribution in [0, 0.1) is 0 Å². The summed E-state index contributed by atoms with van der Waals surface area (Å²) in [5.41, 5.74) is 2.71. The molecule has 0 aromatic heterocycles. The molecular weight excluding hydrogens is 254 g/mol. The van der Waals surface area contributed by atoms with E-state index in [1.165, 1.54) is 24.1 Å². The van der Waals surface area contributed by atoms with Crippen molar-refractivity contribution >= 4 is 0 Å². The molecule has 4 heteroatoms. The van der Waals surface area contributed by atoms with Crippen LogP contribution in [0.2, 0.25) is 0 Å². The normalized spacial score (nSPS) is 28.1. The van der Waals surface area contributed by atoms with Crippen molar-refractivity contribution in [3.8, 4) is 11.5 Å². The van der Waals surface area contributed by atoms with E-state index >= 15 is 0 Å². The van der Waals surface area contributed by atoms with Crippen molar-refractivity contribution in [1.82, 2.24) is 4.90 Å². The Kier molecular flexibility index (Phi) is 3.08. The van der Waals surface area contributed by atoms with E-state index < -0.39 is 0 Å². The fraction of sp³-hybridized carbons (Fsp3) is 0.625. The van der Waals surface area contributed by atoms with Gasteiger partial charge in [-0.3, -0.25) is 4.90 Å². The zero-order chi connectivity index (χ0) is 13.5. The maximum Gasteiger partial charge on any atom is 0.231 e. The summed E-state index contributed by atoms with van der Waals surface area (Å²) in [5, 5.41) is 0. The van der Waals surface area contributed by atoms with E-state index in [0.717, 1.165) is 37.5 Å². The lowest BCUT2D eigenvalue weighted by atomic mass is 9.83. The van der Waals surface area contributed by atoms with Gasteiger partial charge in [0.2, 0.25) is 6.79 Å². The van der Waals surface area contributed by atoms with Crippen LogP contribution in [0.25, 0.3) is 0 Å². The van der Waals surface area contributed by atoms with Gasteiger partial charge in [-0.1, -0.05) is 13.0 Å². The van der Waals surface area contributed by atoms with Gasteiger partial charge in [-0.15, -0.1) is 0 Å². The molecule has 0 unspecified atom stereocenters. The van der Waals surface area contributed by atoms with E-state index in [4.69, 9.17) is 14.2 Å². The van der Waals surface area contributed by atoms with Crippen molar-refractivity contribution in [1.29, 1.82) is 0 Å². The Morgan fingerprint density at radius 3 is 3.10 bits per heavy atom. The van der Waals surface area contributed by atoms with Crippen LogP contribution in [0.15, 0.2) is 12.1 Å². The van der Waals surface area contributed by atoms with Gasteiger partial charge in [-0.2, -0.15) is 0 Å². The number of morpholine rings is 1. The molecule has 0 bridgehead atoms. The zero-order valence-corrected chi connectivity index (χ0v) is 11.9. The van der Waals surface area contributed by atoms with Crippen molar-refractivity contribution in [3.63, 3.8) is 0 Å². The lowest BCUT2D eigenvalue weighted by Gasteiger charge is -2.44. The molecule has 2 heterocycles. The Morgan fingerprint density at radius 2 is 2.20 bits per heavy atom. The molecule has 4 rings (SSSR count). The van der Waals surface area contributed by atoms with Gasteiger partial charge in [0, 0.05) is 24.6 Å². The molecule has 2 atom stereocenters.